The van der Waals surface area contributed by atoms with Gasteiger partial charge in [0.05, 0.1) is 5.56 Å². The molecule has 1 aliphatic heterocycles. The van der Waals surface area contributed by atoms with Gasteiger partial charge in [-0.15, -0.1) is 0 Å². The normalized spacial score (nSPS) is 16.6. The summed E-state index contributed by atoms with van der Waals surface area (Å²) in [5.41, 5.74) is 0.183. The summed E-state index contributed by atoms with van der Waals surface area (Å²) >= 11 is 0. The zero-order chi connectivity index (χ0) is 14.5. The third-order valence-corrected chi connectivity index (χ3v) is 3.04. The van der Waals surface area contributed by atoms with E-state index in [1.54, 1.807) is 12.1 Å². The van der Waals surface area contributed by atoms with E-state index in [0.717, 1.165) is 25.9 Å². The first-order valence-corrected chi connectivity index (χ1v) is 6.47. The Labute approximate surface area is 116 Å². The zero-order valence-electron chi connectivity index (χ0n) is 11.2. The summed E-state index contributed by atoms with van der Waals surface area (Å²) in [5, 5.41) is 8.83. The molecule has 1 saturated heterocycles. The zero-order valence-corrected chi connectivity index (χ0v) is 11.2. The Morgan fingerprint density at radius 1 is 1.20 bits per heavy atom. The number of ether oxygens (including phenoxy) is 2. The first-order chi connectivity index (χ1) is 9.56. The van der Waals surface area contributed by atoms with E-state index in [0.29, 0.717) is 5.75 Å². The average molecular weight is 279 g/mol. The predicted molar refractivity (Wildman–Crippen MR) is 70.4 cm³/mol. The third kappa shape index (κ3) is 3.71. The van der Waals surface area contributed by atoms with Crippen molar-refractivity contribution in [3.63, 3.8) is 0 Å². The number of carbonyl (C=O) groups is 2. The largest absolute Gasteiger partial charge is 0.478 e. The summed E-state index contributed by atoms with van der Waals surface area (Å²) in [6.07, 6.45) is 1.32. The summed E-state index contributed by atoms with van der Waals surface area (Å²) in [7, 11) is 0. The summed E-state index contributed by atoms with van der Waals surface area (Å²) in [6, 6.07) is 6.00. The first-order valence-electron chi connectivity index (χ1n) is 6.47. The van der Waals surface area contributed by atoms with Crippen molar-refractivity contribution in [1.29, 1.82) is 0 Å². The van der Waals surface area contributed by atoms with Crippen LogP contribution in [0.1, 0.15) is 30.1 Å². The van der Waals surface area contributed by atoms with Crippen LogP contribution in [0.25, 0.3) is 0 Å². The molecule has 0 bridgehead atoms. The van der Waals surface area contributed by atoms with Crippen LogP contribution in [0.2, 0.25) is 0 Å². The molecule has 1 N–H and O–H groups in total. The molecule has 1 aromatic carbocycles. The monoisotopic (exact) mass is 279 g/mol. The van der Waals surface area contributed by atoms with Crippen LogP contribution in [0.3, 0.4) is 0 Å². The quantitative estimate of drug-likeness (QED) is 0.653. The van der Waals surface area contributed by atoms with Gasteiger partial charge in [0.2, 0.25) is 0 Å². The second kappa shape index (κ2) is 6.38. The van der Waals surface area contributed by atoms with E-state index in [9.17, 15) is 9.59 Å². The standard InChI is InChI=1S/C14H17NO5/c1-10(16)19-14(15-8-2-3-9-15)20-12-6-4-11(5-7-12)13(17)18/h4-7,14H,2-3,8-9H2,1H3,(H,17,18). The lowest BCUT2D eigenvalue weighted by atomic mass is 10.2. The lowest BCUT2D eigenvalue weighted by molar-refractivity contribution is -0.188. The van der Waals surface area contributed by atoms with Crippen molar-refractivity contribution < 1.29 is 24.2 Å². The number of nitrogens with zero attached hydrogens (tertiary/aromatic N) is 1. The minimum Gasteiger partial charge on any atom is -0.478 e. The Bertz CT molecular complexity index is 479. The summed E-state index contributed by atoms with van der Waals surface area (Å²) in [6.45, 7) is 2.95. The van der Waals surface area contributed by atoms with Gasteiger partial charge in [-0.2, -0.15) is 0 Å². The van der Waals surface area contributed by atoms with E-state index >= 15 is 0 Å². The second-order valence-electron chi connectivity index (χ2n) is 4.61. The molecule has 1 aromatic rings. The van der Waals surface area contributed by atoms with Crippen LogP contribution < -0.4 is 4.74 Å². The number of likely N-dealkylation sites (tertiary alicyclic amines) is 1. The molecule has 2 rings (SSSR count). The highest BCUT2D eigenvalue weighted by molar-refractivity contribution is 5.87. The average Bonchev–Trinajstić information content (AvgIpc) is 2.92. The summed E-state index contributed by atoms with van der Waals surface area (Å²) < 4.78 is 10.8. The molecule has 1 aliphatic rings. The first kappa shape index (κ1) is 14.3. The summed E-state index contributed by atoms with van der Waals surface area (Å²) in [5.74, 6) is -0.940. The molecule has 6 nitrogen and oxygen atoms in total. The summed E-state index contributed by atoms with van der Waals surface area (Å²) in [4.78, 5) is 23.8. The minimum atomic E-state index is -0.993. The van der Waals surface area contributed by atoms with Crippen LogP contribution in [0.5, 0.6) is 5.75 Å². The van der Waals surface area contributed by atoms with Crippen molar-refractivity contribution in [2.24, 2.45) is 0 Å². The predicted octanol–water partition coefficient (Wildman–Crippen LogP) is 1.71. The number of aromatic carboxylic acids is 1. The Morgan fingerprint density at radius 2 is 1.80 bits per heavy atom. The van der Waals surface area contributed by atoms with Gasteiger partial charge in [-0.1, -0.05) is 0 Å². The van der Waals surface area contributed by atoms with Crippen LogP contribution in [-0.4, -0.2) is 41.4 Å². The fourth-order valence-corrected chi connectivity index (χ4v) is 2.06. The number of carboxylic acids is 1. The van der Waals surface area contributed by atoms with Crippen LogP contribution in [-0.2, 0) is 9.53 Å². The molecule has 1 atom stereocenters. The van der Waals surface area contributed by atoms with Crippen LogP contribution in [0.4, 0.5) is 0 Å². The van der Waals surface area contributed by atoms with Crippen LogP contribution in [0, 0.1) is 0 Å². The van der Waals surface area contributed by atoms with E-state index in [1.165, 1.54) is 19.1 Å². The van der Waals surface area contributed by atoms with Gasteiger partial charge in [0.25, 0.3) is 0 Å². The van der Waals surface area contributed by atoms with Crippen LogP contribution in [0.15, 0.2) is 24.3 Å². The van der Waals surface area contributed by atoms with E-state index in [4.69, 9.17) is 14.6 Å². The molecule has 0 aromatic heterocycles. The lowest BCUT2D eigenvalue weighted by Crippen LogP contribution is -2.40. The Balaban J connectivity index is 2.06. The van der Waals surface area contributed by atoms with E-state index in [1.807, 2.05) is 4.90 Å². The molecule has 1 heterocycles. The molecule has 1 fully saturated rings. The molecular formula is C14H17NO5. The van der Waals surface area contributed by atoms with Crippen molar-refractivity contribution in [2.75, 3.05) is 13.1 Å². The second-order valence-corrected chi connectivity index (χ2v) is 4.61. The molecule has 0 amide bonds. The number of benzene rings is 1. The molecule has 1 unspecified atom stereocenters. The molecule has 0 spiro atoms. The maximum Gasteiger partial charge on any atom is 0.335 e. The fraction of sp³-hybridized carbons (Fsp3) is 0.429. The van der Waals surface area contributed by atoms with E-state index < -0.39 is 18.4 Å². The number of hydrogen-bond acceptors (Lipinski definition) is 5. The van der Waals surface area contributed by atoms with Gasteiger partial charge in [0.15, 0.2) is 0 Å². The molecule has 0 aliphatic carbocycles. The molecule has 0 radical (unpaired) electrons. The molecule has 20 heavy (non-hydrogen) atoms. The van der Waals surface area contributed by atoms with Gasteiger partial charge < -0.3 is 14.6 Å². The maximum atomic E-state index is 11.1. The third-order valence-electron chi connectivity index (χ3n) is 3.04. The van der Waals surface area contributed by atoms with Gasteiger partial charge in [-0.05, 0) is 37.1 Å². The number of esters is 1. The van der Waals surface area contributed by atoms with Gasteiger partial charge in [-0.3, -0.25) is 4.79 Å². The van der Waals surface area contributed by atoms with Crippen molar-refractivity contribution in [1.82, 2.24) is 4.90 Å². The van der Waals surface area contributed by atoms with Gasteiger partial charge in [-0.25, -0.2) is 9.69 Å². The number of rotatable bonds is 5. The van der Waals surface area contributed by atoms with Crippen molar-refractivity contribution in [3.8, 4) is 5.75 Å². The molecule has 6 heteroatoms. The highest BCUT2D eigenvalue weighted by Crippen LogP contribution is 2.19. The maximum absolute atomic E-state index is 11.1. The lowest BCUT2D eigenvalue weighted by Gasteiger charge is -2.26. The van der Waals surface area contributed by atoms with E-state index in [2.05, 4.69) is 0 Å². The Morgan fingerprint density at radius 3 is 2.30 bits per heavy atom. The van der Waals surface area contributed by atoms with Crippen molar-refractivity contribution in [2.45, 2.75) is 26.2 Å². The number of carbonyl (C=O) groups excluding carboxylic acids is 1. The highest BCUT2D eigenvalue weighted by Gasteiger charge is 2.26. The number of carboxylic acid groups (broad SMARTS) is 1. The van der Waals surface area contributed by atoms with Crippen molar-refractivity contribution >= 4 is 11.9 Å². The van der Waals surface area contributed by atoms with Gasteiger partial charge >= 0.3 is 18.4 Å². The smallest absolute Gasteiger partial charge is 0.335 e. The van der Waals surface area contributed by atoms with Gasteiger partial charge in [0.1, 0.15) is 5.75 Å². The molecular weight excluding hydrogens is 262 g/mol. The van der Waals surface area contributed by atoms with Gasteiger partial charge in [0, 0.05) is 20.0 Å². The fourth-order valence-electron chi connectivity index (χ4n) is 2.06. The Hall–Kier alpha value is -2.08. The van der Waals surface area contributed by atoms with E-state index in [-0.39, 0.29) is 5.56 Å². The van der Waals surface area contributed by atoms with Crippen LogP contribution >= 0.6 is 0 Å². The Kier molecular flexibility index (Phi) is 4.57. The highest BCUT2D eigenvalue weighted by atomic mass is 16.7. The topological polar surface area (TPSA) is 76.1 Å². The number of hydrogen-bond donors (Lipinski definition) is 1. The molecule has 0 saturated carbocycles. The van der Waals surface area contributed by atoms with Crippen molar-refractivity contribution in [3.05, 3.63) is 29.8 Å². The molecule has 108 valence electrons. The SMILES string of the molecule is CC(=O)OC(Oc1ccc(C(=O)O)cc1)N1CCCC1. The minimum absolute atomic E-state index is 0.183.